The lowest BCUT2D eigenvalue weighted by Gasteiger charge is -2.40. The van der Waals surface area contributed by atoms with Gasteiger partial charge in [0.05, 0.1) is 29.9 Å². The molecule has 0 saturated carbocycles. The Morgan fingerprint density at radius 1 is 0.872 bits per heavy atom. The fraction of sp³-hybridized carbons (Fsp3) is 0.129. The Bertz CT molecular complexity index is 1730. The van der Waals surface area contributed by atoms with Crippen molar-refractivity contribution in [2.75, 3.05) is 17.3 Å². The van der Waals surface area contributed by atoms with Crippen molar-refractivity contribution < 1.29 is 4.74 Å². The fourth-order valence-corrected chi connectivity index (χ4v) is 6.01. The van der Waals surface area contributed by atoms with Gasteiger partial charge in [0.25, 0.3) is 0 Å². The van der Waals surface area contributed by atoms with Gasteiger partial charge in [-0.3, -0.25) is 0 Å². The Morgan fingerprint density at radius 3 is 2.41 bits per heavy atom. The lowest BCUT2D eigenvalue weighted by Crippen LogP contribution is -2.46. The molecular weight excluding hydrogens is 504 g/mol. The third-order valence-electron chi connectivity index (χ3n) is 7.08. The van der Waals surface area contributed by atoms with Crippen molar-refractivity contribution in [3.63, 3.8) is 0 Å². The molecule has 2 aliphatic heterocycles. The zero-order chi connectivity index (χ0) is 26.5. The first-order valence-corrected chi connectivity index (χ1v) is 13.7. The minimum Gasteiger partial charge on any atom is -0.497 e. The van der Waals surface area contributed by atoms with E-state index in [-0.39, 0.29) is 6.04 Å². The number of rotatable bonds is 4. The van der Waals surface area contributed by atoms with Crippen LogP contribution in [0.15, 0.2) is 100 Å². The van der Waals surface area contributed by atoms with E-state index in [9.17, 15) is 0 Å². The zero-order valence-corrected chi connectivity index (χ0v) is 22.6. The molecule has 7 rings (SSSR count). The molecule has 0 saturated heterocycles. The monoisotopic (exact) mass is 530 g/mol. The first-order chi connectivity index (χ1) is 19.1. The van der Waals surface area contributed by atoms with E-state index in [4.69, 9.17) is 19.8 Å². The van der Waals surface area contributed by atoms with Gasteiger partial charge in [-0.15, -0.1) is 11.3 Å². The number of nitrogens with one attached hydrogen (secondary N) is 1. The van der Waals surface area contributed by atoms with E-state index in [1.807, 2.05) is 41.1 Å². The molecule has 2 aliphatic rings. The largest absolute Gasteiger partial charge is 0.497 e. The fourth-order valence-electron chi connectivity index (χ4n) is 5.19. The number of para-hydroxylation sites is 2. The van der Waals surface area contributed by atoms with Gasteiger partial charge >= 0.3 is 0 Å². The molecule has 1 atom stereocenters. The van der Waals surface area contributed by atoms with Crippen molar-refractivity contribution in [1.29, 1.82) is 0 Å². The van der Waals surface area contributed by atoms with Gasteiger partial charge < -0.3 is 15.0 Å². The summed E-state index contributed by atoms with van der Waals surface area (Å²) in [5.41, 5.74) is 7.04. The standard InChI is InChI=1S/C31H26N6OS/c1-19-10-14-22(15-11-19)37-30-27(20(2)35-37)28(26-9-6-18-39-26)36-25-8-5-4-7-24(25)33-29(31(36)34-30)32-21-12-16-23(38-3)17-13-21/h4-18,28H,1-3H3,(H,32,33). The second kappa shape index (κ2) is 9.25. The smallest absolute Gasteiger partial charge is 0.179 e. The SMILES string of the molecule is COc1ccc(NC2=Nc3ccccc3N3C2=Nc2c(c(C)nn2-c2ccc(C)cc2)C3c2cccs2)cc1. The lowest BCUT2D eigenvalue weighted by atomic mass is 9.98. The summed E-state index contributed by atoms with van der Waals surface area (Å²) in [6.07, 6.45) is 0. The van der Waals surface area contributed by atoms with Crippen LogP contribution < -0.4 is 15.0 Å². The van der Waals surface area contributed by atoms with Crippen LogP contribution in [-0.2, 0) is 0 Å². The number of nitrogens with zero attached hydrogens (tertiary/aromatic N) is 5. The number of ether oxygens (including phenoxy) is 1. The van der Waals surface area contributed by atoms with Crippen LogP contribution in [0.25, 0.3) is 5.69 Å². The van der Waals surface area contributed by atoms with E-state index in [1.165, 1.54) is 10.4 Å². The van der Waals surface area contributed by atoms with Gasteiger partial charge in [0.2, 0.25) is 0 Å². The van der Waals surface area contributed by atoms with Gasteiger partial charge in [-0.1, -0.05) is 35.9 Å². The number of methoxy groups -OCH3 is 1. The Balaban J connectivity index is 1.46. The minimum atomic E-state index is -0.101. The first-order valence-electron chi connectivity index (χ1n) is 12.8. The van der Waals surface area contributed by atoms with Crippen molar-refractivity contribution in [3.8, 4) is 11.4 Å². The molecule has 4 heterocycles. The van der Waals surface area contributed by atoms with Crippen molar-refractivity contribution in [2.24, 2.45) is 9.98 Å². The topological polar surface area (TPSA) is 67.0 Å². The molecule has 0 aliphatic carbocycles. The quantitative estimate of drug-likeness (QED) is 0.264. The number of fused-ring (bicyclic) bond motifs is 4. The Kier molecular flexibility index (Phi) is 5.56. The van der Waals surface area contributed by atoms with E-state index in [0.717, 1.165) is 51.4 Å². The van der Waals surface area contributed by atoms with Gasteiger partial charge in [-0.25, -0.2) is 14.7 Å². The summed E-state index contributed by atoms with van der Waals surface area (Å²) in [7, 11) is 1.67. The molecule has 0 amide bonds. The second-order valence-corrected chi connectivity index (χ2v) is 10.6. The summed E-state index contributed by atoms with van der Waals surface area (Å²) in [6, 6.07) is 28.7. The van der Waals surface area contributed by atoms with Crippen molar-refractivity contribution in [3.05, 3.63) is 112 Å². The molecule has 2 aromatic heterocycles. The van der Waals surface area contributed by atoms with Crippen LogP contribution >= 0.6 is 11.3 Å². The Labute approximate surface area is 230 Å². The number of thiophene rings is 1. The Hall–Kier alpha value is -4.69. The maximum atomic E-state index is 5.35. The summed E-state index contributed by atoms with van der Waals surface area (Å²) in [4.78, 5) is 13.9. The normalized spacial score (nSPS) is 15.6. The first kappa shape index (κ1) is 23.4. The Morgan fingerprint density at radius 2 is 1.67 bits per heavy atom. The predicted molar refractivity (Wildman–Crippen MR) is 159 cm³/mol. The van der Waals surface area contributed by atoms with Crippen LogP contribution in [-0.4, -0.2) is 28.6 Å². The number of aromatic nitrogens is 2. The molecule has 1 N–H and O–H groups in total. The minimum absolute atomic E-state index is 0.101. The molecule has 0 spiro atoms. The average molecular weight is 531 g/mol. The van der Waals surface area contributed by atoms with Gasteiger partial charge in [0.1, 0.15) is 11.8 Å². The highest BCUT2D eigenvalue weighted by Crippen LogP contribution is 2.49. The number of benzene rings is 3. The van der Waals surface area contributed by atoms with Crippen LogP contribution in [0, 0.1) is 13.8 Å². The molecule has 1 unspecified atom stereocenters. The van der Waals surface area contributed by atoms with Crippen LogP contribution in [0.3, 0.4) is 0 Å². The van der Waals surface area contributed by atoms with Crippen molar-refractivity contribution in [1.82, 2.24) is 9.78 Å². The third-order valence-corrected chi connectivity index (χ3v) is 8.01. The summed E-state index contributed by atoms with van der Waals surface area (Å²) in [5.74, 6) is 3.06. The molecule has 5 aromatic rings. The molecule has 0 radical (unpaired) electrons. The predicted octanol–water partition coefficient (Wildman–Crippen LogP) is 7.35. The summed E-state index contributed by atoms with van der Waals surface area (Å²) >= 11 is 1.74. The van der Waals surface area contributed by atoms with E-state index in [1.54, 1.807) is 18.4 Å². The summed E-state index contributed by atoms with van der Waals surface area (Å²) in [6.45, 7) is 4.16. The molecule has 3 aromatic carbocycles. The van der Waals surface area contributed by atoms with E-state index in [2.05, 4.69) is 78.0 Å². The number of hydrogen-bond donors (Lipinski definition) is 1. The molecule has 8 heteroatoms. The molecular formula is C31H26N6OS. The van der Waals surface area contributed by atoms with Gasteiger partial charge in [-0.05, 0) is 73.8 Å². The van der Waals surface area contributed by atoms with Crippen LogP contribution in [0.1, 0.15) is 27.7 Å². The third kappa shape index (κ3) is 3.92. The summed E-state index contributed by atoms with van der Waals surface area (Å²) in [5, 5.41) is 10.7. The highest BCUT2D eigenvalue weighted by molar-refractivity contribution is 7.10. The number of hydrogen-bond acceptors (Lipinski definition) is 7. The lowest BCUT2D eigenvalue weighted by molar-refractivity contribution is 0.415. The maximum Gasteiger partial charge on any atom is 0.179 e. The van der Waals surface area contributed by atoms with Crippen molar-refractivity contribution >= 4 is 45.9 Å². The van der Waals surface area contributed by atoms with Crippen LogP contribution in [0.4, 0.5) is 22.9 Å². The zero-order valence-electron chi connectivity index (χ0n) is 21.8. The highest BCUT2D eigenvalue weighted by Gasteiger charge is 2.41. The van der Waals surface area contributed by atoms with Gasteiger partial charge in [0.15, 0.2) is 17.5 Å². The number of amidine groups is 2. The van der Waals surface area contributed by atoms with Crippen molar-refractivity contribution in [2.45, 2.75) is 19.9 Å². The molecule has 7 nitrogen and oxygen atoms in total. The molecule has 192 valence electrons. The highest BCUT2D eigenvalue weighted by atomic mass is 32.1. The number of aryl methyl sites for hydroxylation is 2. The molecule has 39 heavy (non-hydrogen) atoms. The second-order valence-electron chi connectivity index (χ2n) is 9.60. The van der Waals surface area contributed by atoms with Crippen LogP contribution in [0.2, 0.25) is 0 Å². The van der Waals surface area contributed by atoms with E-state index >= 15 is 0 Å². The van der Waals surface area contributed by atoms with E-state index in [0.29, 0.717) is 5.84 Å². The average Bonchev–Trinajstić information content (AvgIpc) is 3.61. The number of anilines is 2. The van der Waals surface area contributed by atoms with Gasteiger partial charge in [-0.2, -0.15) is 5.10 Å². The molecule has 0 bridgehead atoms. The molecule has 0 fully saturated rings. The number of aliphatic imine (C=N–C) groups is 2. The van der Waals surface area contributed by atoms with Crippen LogP contribution in [0.5, 0.6) is 5.75 Å². The maximum absolute atomic E-state index is 5.35. The van der Waals surface area contributed by atoms with Gasteiger partial charge in [0, 0.05) is 16.1 Å². The summed E-state index contributed by atoms with van der Waals surface area (Å²) < 4.78 is 7.31. The van der Waals surface area contributed by atoms with E-state index < -0.39 is 0 Å².